The smallest absolute Gasteiger partial charge is 0.406 e. The summed E-state index contributed by atoms with van der Waals surface area (Å²) in [6.07, 6.45) is 1.50. The number of hydrogen-bond acceptors (Lipinski definition) is 5. The Bertz CT molecular complexity index is 867. The van der Waals surface area contributed by atoms with Crippen molar-refractivity contribution in [2.75, 3.05) is 13.1 Å². The van der Waals surface area contributed by atoms with E-state index >= 15 is 0 Å². The molecule has 1 fully saturated rings. The van der Waals surface area contributed by atoms with Gasteiger partial charge >= 0.3 is 5.76 Å². The molecule has 0 aromatic carbocycles. The molecule has 25 heavy (non-hydrogen) atoms. The van der Waals surface area contributed by atoms with Crippen LogP contribution in [0.3, 0.4) is 0 Å². The number of nitrogens with one attached hydrogen (secondary N) is 2. The summed E-state index contributed by atoms with van der Waals surface area (Å²) in [6.45, 7) is 6.78. The van der Waals surface area contributed by atoms with Crippen molar-refractivity contribution in [2.24, 2.45) is 5.41 Å². The molecule has 3 heterocycles. The third-order valence-electron chi connectivity index (χ3n) is 4.36. The molecule has 2 N–H and O–H groups in total. The van der Waals surface area contributed by atoms with Crippen molar-refractivity contribution < 1.29 is 14.0 Å². The lowest BCUT2D eigenvalue weighted by molar-refractivity contribution is -0.119. The van der Waals surface area contributed by atoms with E-state index in [-0.39, 0.29) is 34.6 Å². The lowest BCUT2D eigenvalue weighted by Crippen LogP contribution is -2.38. The lowest BCUT2D eigenvalue weighted by atomic mass is 9.86. The number of H-pyrrole nitrogens is 1. The van der Waals surface area contributed by atoms with Gasteiger partial charge in [-0.3, -0.25) is 14.6 Å². The number of carbonyl (C=O) groups excluding carboxylic acids is 2. The molecule has 0 bridgehead atoms. The first-order valence-electron chi connectivity index (χ1n) is 8.30. The van der Waals surface area contributed by atoms with Crippen LogP contribution in [0, 0.1) is 5.41 Å². The predicted octanol–water partition coefficient (Wildman–Crippen LogP) is 1.28. The molecule has 8 nitrogen and oxygen atoms in total. The molecule has 1 atom stereocenters. The number of hydrogen-bond donors (Lipinski definition) is 2. The van der Waals surface area contributed by atoms with Crippen molar-refractivity contribution in [3.05, 3.63) is 28.4 Å². The highest BCUT2D eigenvalue weighted by Crippen LogP contribution is 2.29. The minimum atomic E-state index is -0.596. The van der Waals surface area contributed by atoms with Gasteiger partial charge in [0, 0.05) is 26.1 Å². The maximum absolute atomic E-state index is 12.9. The number of likely N-dealkylation sites (tertiary alicyclic amines) is 1. The number of carbonyl (C=O) groups is 2. The SMILES string of the molecule is CC(=O)NC1CCN(C(=O)c2ccc3oc(=O)[nH]c3n2)CC(C)(C)C1. The van der Waals surface area contributed by atoms with Gasteiger partial charge in [-0.05, 0) is 30.4 Å². The quantitative estimate of drug-likeness (QED) is 0.851. The van der Waals surface area contributed by atoms with Crippen LogP contribution in [0.4, 0.5) is 0 Å². The van der Waals surface area contributed by atoms with Gasteiger partial charge in [0.25, 0.3) is 5.91 Å². The van der Waals surface area contributed by atoms with Crippen molar-refractivity contribution in [1.29, 1.82) is 0 Å². The van der Waals surface area contributed by atoms with E-state index in [0.717, 1.165) is 6.42 Å². The van der Waals surface area contributed by atoms with Gasteiger partial charge in [0.15, 0.2) is 11.2 Å². The maximum Gasteiger partial charge on any atom is 0.418 e. The van der Waals surface area contributed by atoms with Crippen LogP contribution in [0.15, 0.2) is 21.3 Å². The Morgan fingerprint density at radius 3 is 2.88 bits per heavy atom. The molecule has 0 saturated carbocycles. The number of pyridine rings is 1. The minimum absolute atomic E-state index is 0.0472. The van der Waals surface area contributed by atoms with Crippen LogP contribution in [0.2, 0.25) is 0 Å². The van der Waals surface area contributed by atoms with Gasteiger partial charge in [-0.1, -0.05) is 13.8 Å². The van der Waals surface area contributed by atoms with Crippen LogP contribution in [-0.4, -0.2) is 45.8 Å². The zero-order valence-corrected chi connectivity index (χ0v) is 14.6. The van der Waals surface area contributed by atoms with E-state index in [1.165, 1.54) is 6.92 Å². The van der Waals surface area contributed by atoms with Crippen LogP contribution in [0.25, 0.3) is 11.2 Å². The van der Waals surface area contributed by atoms with Gasteiger partial charge in [-0.15, -0.1) is 0 Å². The number of nitrogens with zero attached hydrogens (tertiary/aromatic N) is 2. The molecule has 2 amide bonds. The van der Waals surface area contributed by atoms with Crippen LogP contribution in [-0.2, 0) is 4.79 Å². The van der Waals surface area contributed by atoms with Gasteiger partial charge in [0.2, 0.25) is 5.91 Å². The van der Waals surface area contributed by atoms with E-state index in [9.17, 15) is 14.4 Å². The number of aromatic nitrogens is 2. The minimum Gasteiger partial charge on any atom is -0.406 e. The van der Waals surface area contributed by atoms with E-state index in [1.807, 2.05) is 0 Å². The van der Waals surface area contributed by atoms with Gasteiger partial charge in [-0.2, -0.15) is 0 Å². The molecule has 134 valence electrons. The molecule has 2 aromatic heterocycles. The molecule has 0 aliphatic carbocycles. The standard InChI is InChI=1S/C17H22N4O4/c1-10(22)18-11-6-7-21(9-17(2,3)8-11)15(23)12-4-5-13-14(19-12)20-16(24)25-13/h4-5,11H,6-9H2,1-3H3,(H,18,22)(H,19,20,24). The van der Waals surface area contributed by atoms with Crippen molar-refractivity contribution >= 4 is 23.0 Å². The molecule has 8 heteroatoms. The van der Waals surface area contributed by atoms with Crippen molar-refractivity contribution in [1.82, 2.24) is 20.2 Å². The molecule has 1 saturated heterocycles. The van der Waals surface area contributed by atoms with Crippen LogP contribution in [0.1, 0.15) is 44.1 Å². The largest absolute Gasteiger partial charge is 0.418 e. The molecular formula is C17H22N4O4. The average molecular weight is 346 g/mol. The number of aromatic amines is 1. The average Bonchev–Trinajstić information content (AvgIpc) is 2.80. The zero-order valence-electron chi connectivity index (χ0n) is 14.6. The number of rotatable bonds is 2. The summed E-state index contributed by atoms with van der Waals surface area (Å²) in [5.41, 5.74) is 0.718. The highest BCUT2D eigenvalue weighted by atomic mass is 16.4. The molecule has 2 aromatic rings. The second-order valence-corrected chi connectivity index (χ2v) is 7.34. The van der Waals surface area contributed by atoms with E-state index in [2.05, 4.69) is 29.1 Å². The van der Waals surface area contributed by atoms with Crippen LogP contribution < -0.4 is 11.1 Å². The van der Waals surface area contributed by atoms with E-state index in [0.29, 0.717) is 25.1 Å². The maximum atomic E-state index is 12.9. The molecule has 0 spiro atoms. The zero-order chi connectivity index (χ0) is 18.2. The summed E-state index contributed by atoms with van der Waals surface area (Å²) < 4.78 is 4.91. The summed E-state index contributed by atoms with van der Waals surface area (Å²) in [5, 5.41) is 2.96. The van der Waals surface area contributed by atoms with E-state index in [1.54, 1.807) is 17.0 Å². The second kappa shape index (κ2) is 6.34. The normalized spacial score (nSPS) is 20.3. The Morgan fingerprint density at radius 1 is 1.40 bits per heavy atom. The van der Waals surface area contributed by atoms with Crippen molar-refractivity contribution in [2.45, 2.75) is 39.7 Å². The predicted molar refractivity (Wildman–Crippen MR) is 91.2 cm³/mol. The van der Waals surface area contributed by atoms with Gasteiger partial charge in [0.1, 0.15) is 5.69 Å². The monoisotopic (exact) mass is 346 g/mol. The third-order valence-corrected chi connectivity index (χ3v) is 4.36. The first kappa shape index (κ1) is 17.2. The highest BCUT2D eigenvalue weighted by Gasteiger charge is 2.33. The van der Waals surface area contributed by atoms with E-state index in [4.69, 9.17) is 4.42 Å². The van der Waals surface area contributed by atoms with E-state index < -0.39 is 5.76 Å². The van der Waals surface area contributed by atoms with Gasteiger partial charge < -0.3 is 14.6 Å². The summed E-state index contributed by atoms with van der Waals surface area (Å²) in [7, 11) is 0. The summed E-state index contributed by atoms with van der Waals surface area (Å²) in [5.74, 6) is -0.849. The fraction of sp³-hybridized carbons (Fsp3) is 0.529. The van der Waals surface area contributed by atoms with Crippen molar-refractivity contribution in [3.8, 4) is 0 Å². The molecule has 1 aliphatic heterocycles. The summed E-state index contributed by atoms with van der Waals surface area (Å²) in [6, 6.07) is 3.17. The molecule has 0 radical (unpaired) electrons. The molecular weight excluding hydrogens is 324 g/mol. The Hall–Kier alpha value is -2.64. The Morgan fingerprint density at radius 2 is 2.16 bits per heavy atom. The highest BCUT2D eigenvalue weighted by molar-refractivity contribution is 5.94. The molecule has 1 aliphatic rings. The van der Waals surface area contributed by atoms with Gasteiger partial charge in [0.05, 0.1) is 0 Å². The molecule has 1 unspecified atom stereocenters. The Labute approximate surface area is 144 Å². The van der Waals surface area contributed by atoms with Crippen LogP contribution in [0.5, 0.6) is 0 Å². The Balaban J connectivity index is 1.82. The second-order valence-electron chi connectivity index (χ2n) is 7.34. The number of fused-ring (bicyclic) bond motifs is 1. The van der Waals surface area contributed by atoms with Gasteiger partial charge in [-0.25, -0.2) is 9.78 Å². The number of oxazole rings is 1. The third kappa shape index (κ3) is 3.89. The van der Waals surface area contributed by atoms with Crippen LogP contribution >= 0.6 is 0 Å². The first-order valence-corrected chi connectivity index (χ1v) is 8.30. The lowest BCUT2D eigenvalue weighted by Gasteiger charge is -2.30. The van der Waals surface area contributed by atoms with Crippen molar-refractivity contribution in [3.63, 3.8) is 0 Å². The molecule has 3 rings (SSSR count). The summed E-state index contributed by atoms with van der Waals surface area (Å²) in [4.78, 5) is 43.9. The summed E-state index contributed by atoms with van der Waals surface area (Å²) >= 11 is 0. The fourth-order valence-corrected chi connectivity index (χ4v) is 3.45. The topological polar surface area (TPSA) is 108 Å². The Kier molecular flexibility index (Phi) is 4.36. The first-order chi connectivity index (χ1) is 11.7. The number of amides is 2. The fourth-order valence-electron chi connectivity index (χ4n) is 3.45.